The molecule has 1 aliphatic heterocycles. The lowest BCUT2D eigenvalue weighted by molar-refractivity contribution is 0.101. The maximum absolute atomic E-state index is 12.0. The standard InChI is InChI=1S/C17H11NO3/c1-9-16(20)13-7-10(19)6-12(17(13)21-9)14-8-18-15-5-3-2-4-11(14)15/h2-8,18-19H,1H2. The number of fused-ring (bicyclic) bond motifs is 2. The molecule has 3 aromatic rings. The van der Waals surface area contributed by atoms with Gasteiger partial charge in [0.15, 0.2) is 5.76 Å². The maximum Gasteiger partial charge on any atom is 0.231 e. The molecule has 4 nitrogen and oxygen atoms in total. The third-order valence-electron chi connectivity index (χ3n) is 3.68. The van der Waals surface area contributed by atoms with Gasteiger partial charge in [-0.15, -0.1) is 0 Å². The van der Waals surface area contributed by atoms with Gasteiger partial charge in [0.1, 0.15) is 11.5 Å². The summed E-state index contributed by atoms with van der Waals surface area (Å²) >= 11 is 0. The molecular weight excluding hydrogens is 266 g/mol. The molecule has 0 radical (unpaired) electrons. The lowest BCUT2D eigenvalue weighted by Crippen LogP contribution is -1.94. The monoisotopic (exact) mass is 277 g/mol. The third kappa shape index (κ3) is 1.59. The number of nitrogens with one attached hydrogen (secondary N) is 1. The number of allylic oxidation sites excluding steroid dienone is 1. The van der Waals surface area contributed by atoms with Crippen LogP contribution in [-0.2, 0) is 0 Å². The SMILES string of the molecule is C=C1Oc2c(cc(O)cc2-c2c[nH]c3ccccc23)C1=O. The fourth-order valence-electron chi connectivity index (χ4n) is 2.71. The van der Waals surface area contributed by atoms with Crippen molar-refractivity contribution in [2.75, 3.05) is 0 Å². The molecule has 0 fully saturated rings. The number of benzene rings is 2. The minimum atomic E-state index is -0.290. The van der Waals surface area contributed by atoms with Crippen molar-refractivity contribution in [2.45, 2.75) is 0 Å². The number of para-hydroxylation sites is 1. The van der Waals surface area contributed by atoms with E-state index in [4.69, 9.17) is 4.74 Å². The molecule has 4 rings (SSSR count). The van der Waals surface area contributed by atoms with Gasteiger partial charge >= 0.3 is 0 Å². The molecule has 1 aliphatic rings. The molecule has 0 bridgehead atoms. The molecule has 0 atom stereocenters. The highest BCUT2D eigenvalue weighted by atomic mass is 16.5. The Morgan fingerprint density at radius 1 is 1.10 bits per heavy atom. The Hall–Kier alpha value is -3.01. The molecule has 2 aromatic carbocycles. The normalized spacial score (nSPS) is 13.5. The van der Waals surface area contributed by atoms with Crippen LogP contribution in [-0.4, -0.2) is 15.9 Å². The Kier molecular flexibility index (Phi) is 2.24. The van der Waals surface area contributed by atoms with Crippen molar-refractivity contribution in [2.24, 2.45) is 0 Å². The zero-order valence-electron chi connectivity index (χ0n) is 11.0. The van der Waals surface area contributed by atoms with Crippen molar-refractivity contribution in [3.8, 4) is 22.6 Å². The number of phenolic OH excluding ortho intramolecular Hbond substituents is 1. The van der Waals surface area contributed by atoms with Gasteiger partial charge in [0, 0.05) is 28.2 Å². The summed E-state index contributed by atoms with van der Waals surface area (Å²) < 4.78 is 5.51. The van der Waals surface area contributed by atoms with Gasteiger partial charge < -0.3 is 14.8 Å². The van der Waals surface area contributed by atoms with Gasteiger partial charge in [0.25, 0.3) is 0 Å². The van der Waals surface area contributed by atoms with Crippen LogP contribution in [0, 0.1) is 0 Å². The van der Waals surface area contributed by atoms with Crippen molar-refractivity contribution in [1.82, 2.24) is 4.98 Å². The molecule has 0 saturated carbocycles. The number of hydrogen-bond acceptors (Lipinski definition) is 3. The average molecular weight is 277 g/mol. The number of carbonyl (C=O) groups excluding carboxylic acids is 1. The molecule has 4 heteroatoms. The molecule has 2 heterocycles. The Labute approximate surface area is 120 Å². The molecular formula is C17H11NO3. The number of aromatic hydroxyl groups is 1. The van der Waals surface area contributed by atoms with Crippen LogP contribution in [0.4, 0.5) is 0 Å². The topological polar surface area (TPSA) is 62.3 Å². The Bertz CT molecular complexity index is 921. The number of ketones is 1. The second-order valence-corrected chi connectivity index (χ2v) is 4.97. The van der Waals surface area contributed by atoms with Crippen molar-refractivity contribution >= 4 is 16.7 Å². The van der Waals surface area contributed by atoms with Crippen molar-refractivity contribution in [3.05, 3.63) is 60.5 Å². The first-order valence-electron chi connectivity index (χ1n) is 6.50. The van der Waals surface area contributed by atoms with E-state index in [0.29, 0.717) is 16.9 Å². The minimum absolute atomic E-state index is 0.0284. The van der Waals surface area contributed by atoms with Crippen LogP contribution in [0.5, 0.6) is 11.5 Å². The van der Waals surface area contributed by atoms with Crippen LogP contribution in [0.15, 0.2) is 54.9 Å². The number of aromatic nitrogens is 1. The molecule has 0 unspecified atom stereocenters. The first kappa shape index (κ1) is 11.8. The predicted octanol–water partition coefficient (Wildman–Crippen LogP) is 3.63. The minimum Gasteiger partial charge on any atom is -0.508 e. The van der Waals surface area contributed by atoms with E-state index in [1.165, 1.54) is 6.07 Å². The fourth-order valence-corrected chi connectivity index (χ4v) is 2.71. The summed E-state index contributed by atoms with van der Waals surface area (Å²) in [6.07, 6.45) is 1.84. The summed E-state index contributed by atoms with van der Waals surface area (Å²) in [6, 6.07) is 10.8. The number of Topliss-reactive ketones (excluding diaryl/α,β-unsaturated/α-hetero) is 1. The van der Waals surface area contributed by atoms with Crippen molar-refractivity contribution in [1.29, 1.82) is 0 Å². The zero-order valence-corrected chi connectivity index (χ0v) is 11.0. The fraction of sp³-hybridized carbons (Fsp3) is 0. The largest absolute Gasteiger partial charge is 0.508 e. The molecule has 2 N–H and O–H groups in total. The van der Waals surface area contributed by atoms with E-state index in [9.17, 15) is 9.90 Å². The van der Waals surface area contributed by atoms with E-state index >= 15 is 0 Å². The van der Waals surface area contributed by atoms with Gasteiger partial charge in [0.2, 0.25) is 5.78 Å². The van der Waals surface area contributed by atoms with E-state index in [1.807, 2.05) is 30.5 Å². The van der Waals surface area contributed by atoms with Crippen LogP contribution in [0.1, 0.15) is 10.4 Å². The van der Waals surface area contributed by atoms with E-state index < -0.39 is 0 Å². The third-order valence-corrected chi connectivity index (χ3v) is 3.68. The van der Waals surface area contributed by atoms with E-state index in [-0.39, 0.29) is 17.3 Å². The summed E-state index contributed by atoms with van der Waals surface area (Å²) in [5, 5.41) is 10.9. The number of phenols is 1. The highest BCUT2D eigenvalue weighted by molar-refractivity contribution is 6.14. The highest BCUT2D eigenvalue weighted by Gasteiger charge is 2.30. The quantitative estimate of drug-likeness (QED) is 0.668. The number of hydrogen-bond donors (Lipinski definition) is 2. The number of carbonyl (C=O) groups is 1. The Morgan fingerprint density at radius 2 is 1.86 bits per heavy atom. The van der Waals surface area contributed by atoms with E-state index in [1.54, 1.807) is 6.07 Å². The molecule has 0 saturated heterocycles. The lowest BCUT2D eigenvalue weighted by Gasteiger charge is -2.07. The highest BCUT2D eigenvalue weighted by Crippen LogP contribution is 2.44. The van der Waals surface area contributed by atoms with Crippen molar-refractivity contribution < 1.29 is 14.6 Å². The van der Waals surface area contributed by atoms with Crippen LogP contribution in [0.25, 0.3) is 22.0 Å². The summed E-state index contributed by atoms with van der Waals surface area (Å²) in [5.41, 5.74) is 2.88. The average Bonchev–Trinajstić information content (AvgIpc) is 3.02. The number of ether oxygens (including phenoxy) is 1. The van der Waals surface area contributed by atoms with Crippen LogP contribution in [0.3, 0.4) is 0 Å². The van der Waals surface area contributed by atoms with Gasteiger partial charge in [-0.3, -0.25) is 4.79 Å². The maximum atomic E-state index is 12.0. The van der Waals surface area contributed by atoms with Gasteiger partial charge in [-0.2, -0.15) is 0 Å². The van der Waals surface area contributed by atoms with E-state index in [0.717, 1.165) is 16.5 Å². The Morgan fingerprint density at radius 3 is 2.71 bits per heavy atom. The lowest BCUT2D eigenvalue weighted by atomic mass is 9.99. The van der Waals surface area contributed by atoms with Crippen molar-refractivity contribution in [3.63, 3.8) is 0 Å². The molecule has 1 aromatic heterocycles. The molecule has 0 spiro atoms. The number of rotatable bonds is 1. The first-order chi connectivity index (χ1) is 10.1. The second kappa shape index (κ2) is 3.99. The van der Waals surface area contributed by atoms with E-state index in [2.05, 4.69) is 11.6 Å². The number of aromatic amines is 1. The van der Waals surface area contributed by atoms with Gasteiger partial charge in [-0.1, -0.05) is 24.8 Å². The second-order valence-electron chi connectivity index (χ2n) is 4.97. The predicted molar refractivity (Wildman–Crippen MR) is 79.5 cm³/mol. The van der Waals surface area contributed by atoms with Gasteiger partial charge in [-0.05, 0) is 18.2 Å². The summed E-state index contributed by atoms with van der Waals surface area (Å²) in [4.78, 5) is 15.2. The molecule has 0 aliphatic carbocycles. The van der Waals surface area contributed by atoms with Crippen LogP contribution < -0.4 is 4.74 Å². The summed E-state index contributed by atoms with van der Waals surface area (Å²) in [7, 11) is 0. The zero-order chi connectivity index (χ0) is 14.6. The molecule has 0 amide bonds. The Balaban J connectivity index is 2.04. The number of H-pyrrole nitrogens is 1. The molecule has 102 valence electrons. The van der Waals surface area contributed by atoms with Crippen LogP contribution >= 0.6 is 0 Å². The first-order valence-corrected chi connectivity index (χ1v) is 6.50. The summed E-state index contributed by atoms with van der Waals surface area (Å²) in [5.74, 6) is 0.270. The summed E-state index contributed by atoms with van der Waals surface area (Å²) in [6.45, 7) is 3.60. The van der Waals surface area contributed by atoms with Gasteiger partial charge in [0.05, 0.1) is 5.56 Å². The van der Waals surface area contributed by atoms with Crippen LogP contribution in [0.2, 0.25) is 0 Å². The molecule has 21 heavy (non-hydrogen) atoms. The smallest absolute Gasteiger partial charge is 0.231 e. The van der Waals surface area contributed by atoms with Gasteiger partial charge in [-0.25, -0.2) is 0 Å².